The summed E-state index contributed by atoms with van der Waals surface area (Å²) >= 11 is 0. The summed E-state index contributed by atoms with van der Waals surface area (Å²) in [6, 6.07) is 32.1. The smallest absolute Gasteiger partial charge is 0.266 e. The van der Waals surface area contributed by atoms with Gasteiger partial charge in [0.25, 0.3) is 21.8 Å². The highest BCUT2D eigenvalue weighted by Gasteiger charge is 2.77. The number of para-hydroxylation sites is 1. The zero-order chi connectivity index (χ0) is 35.8. The fourth-order valence-electron chi connectivity index (χ4n) is 8.33. The Morgan fingerprint density at radius 1 is 0.827 bits per heavy atom. The van der Waals surface area contributed by atoms with Crippen molar-refractivity contribution in [2.24, 2.45) is 0 Å². The first-order valence-corrected chi connectivity index (χ1v) is 21.0. The number of hydrogen-bond acceptors (Lipinski definition) is 8. The van der Waals surface area contributed by atoms with Crippen molar-refractivity contribution in [3.8, 4) is 11.3 Å². The Labute approximate surface area is 310 Å². The number of rotatable bonds is 9. The van der Waals surface area contributed by atoms with Gasteiger partial charge in [-0.15, -0.1) is 5.10 Å². The lowest BCUT2D eigenvalue weighted by Gasteiger charge is -2.54. The van der Waals surface area contributed by atoms with E-state index in [0.29, 0.717) is 25.2 Å². The summed E-state index contributed by atoms with van der Waals surface area (Å²) in [6.07, 6.45) is 2.61. The van der Waals surface area contributed by atoms with Crippen molar-refractivity contribution in [2.75, 3.05) is 10.8 Å². The van der Waals surface area contributed by atoms with Crippen LogP contribution in [0.3, 0.4) is 0 Å². The van der Waals surface area contributed by atoms with E-state index >= 15 is 0 Å². The van der Waals surface area contributed by atoms with Crippen LogP contribution < -0.4 is 4.31 Å². The zero-order valence-electron chi connectivity index (χ0n) is 28.6. The number of amides is 2. The Kier molecular flexibility index (Phi) is 7.83. The Morgan fingerprint density at radius 2 is 1.50 bits per heavy atom. The molecule has 2 bridgehead atoms. The van der Waals surface area contributed by atoms with Gasteiger partial charge < -0.3 is 4.90 Å². The molecule has 4 saturated heterocycles. The molecular weight excluding hydrogens is 713 g/mol. The van der Waals surface area contributed by atoms with Crippen LogP contribution in [0, 0.1) is 13.8 Å². The number of sulfonamides is 1. The van der Waals surface area contributed by atoms with Gasteiger partial charge in [-0.25, -0.2) is 12.7 Å². The zero-order valence-corrected chi connectivity index (χ0v) is 31.1. The van der Waals surface area contributed by atoms with Gasteiger partial charge in [0.1, 0.15) is 11.9 Å². The van der Waals surface area contributed by atoms with Gasteiger partial charge in [0, 0.05) is 25.1 Å². The van der Waals surface area contributed by atoms with E-state index in [1.807, 2.05) is 85.4 Å². The molecule has 4 atom stereocenters. The van der Waals surface area contributed by atoms with Crippen LogP contribution in [0.25, 0.3) is 11.3 Å². The maximum absolute atomic E-state index is 14.9. The second-order valence-corrected chi connectivity index (χ2v) is 18.4. The SMILES string of the molecule is Cc1ccc(-c2cn(CCCCN3C(=O)[C@@]45C[C@]6(c7ccc(C)cc7)c7ccccc7N(S(=O)(=O)c7ccccc7)[C@@H]6N4C(=O)[C@@H]3SS5)nn2)cc1. The molecule has 0 radical (unpaired) electrons. The summed E-state index contributed by atoms with van der Waals surface area (Å²) in [6.45, 7) is 5.09. The lowest BCUT2D eigenvalue weighted by Crippen LogP contribution is -2.72. The van der Waals surface area contributed by atoms with Crippen molar-refractivity contribution >= 4 is 49.1 Å². The molecule has 6 heterocycles. The van der Waals surface area contributed by atoms with Crippen molar-refractivity contribution in [3.05, 3.63) is 132 Å². The summed E-state index contributed by atoms with van der Waals surface area (Å²) in [5.74, 6) is -0.374. The number of benzene rings is 4. The summed E-state index contributed by atoms with van der Waals surface area (Å²) in [7, 11) is -1.34. The fourth-order valence-corrected chi connectivity index (χ4v) is 13.5. The molecule has 1 aromatic heterocycles. The van der Waals surface area contributed by atoms with E-state index in [-0.39, 0.29) is 23.1 Å². The van der Waals surface area contributed by atoms with E-state index < -0.39 is 31.8 Å². The molecule has 0 aliphatic carbocycles. The third-order valence-electron chi connectivity index (χ3n) is 10.8. The number of unbranched alkanes of at least 4 members (excludes halogenated alkanes) is 1. The summed E-state index contributed by atoms with van der Waals surface area (Å²) < 4.78 is 32.8. The summed E-state index contributed by atoms with van der Waals surface area (Å²) in [4.78, 5) is 31.9. The molecule has 0 N–H and O–H groups in total. The van der Waals surface area contributed by atoms with E-state index in [1.54, 1.807) is 40.1 Å². The number of nitrogens with zero attached hydrogens (tertiary/aromatic N) is 6. The van der Waals surface area contributed by atoms with E-state index in [4.69, 9.17) is 0 Å². The fraction of sp³-hybridized carbons (Fsp3) is 0.282. The minimum absolute atomic E-state index is 0.133. The van der Waals surface area contributed by atoms with E-state index in [2.05, 4.69) is 22.4 Å². The quantitative estimate of drug-likeness (QED) is 0.127. The Hall–Kier alpha value is -4.59. The van der Waals surface area contributed by atoms with Crippen LogP contribution >= 0.6 is 21.6 Å². The first kappa shape index (κ1) is 33.3. The number of aryl methyl sites for hydroxylation is 3. The standard InChI is InChI=1S/C39H36N6O4S3/c1-26-14-18-28(19-15-26)32-24-42(41-40-32)22-8-9-23-43-35-34(46)44-36-38(29-20-16-27(2)17-21-29,25-39(44,37(43)47)51-50-35)31-12-6-7-13-33(31)45(36)52(48,49)30-10-4-3-5-11-30/h3-7,10-21,24,35-36H,8-9,22-23,25H2,1-2H3/t35-,36-,38-,39-/m0/s1. The molecule has 10 rings (SSSR count). The number of piperazine rings is 1. The third kappa shape index (κ3) is 4.81. The number of fused-ring (bicyclic) bond motifs is 5. The molecular formula is C39H36N6O4S3. The maximum Gasteiger partial charge on any atom is 0.266 e. The van der Waals surface area contributed by atoms with Crippen molar-refractivity contribution in [2.45, 2.75) is 66.4 Å². The lowest BCUT2D eigenvalue weighted by atomic mass is 9.72. The Balaban J connectivity index is 1.05. The van der Waals surface area contributed by atoms with E-state index in [0.717, 1.165) is 34.4 Å². The van der Waals surface area contributed by atoms with Crippen LogP contribution in [0.15, 0.2) is 114 Å². The largest absolute Gasteiger partial charge is 0.318 e. The van der Waals surface area contributed by atoms with Crippen molar-refractivity contribution in [1.29, 1.82) is 0 Å². The Morgan fingerprint density at radius 3 is 2.25 bits per heavy atom. The molecule has 10 nitrogen and oxygen atoms in total. The first-order valence-electron chi connectivity index (χ1n) is 17.4. The molecule has 13 heteroatoms. The van der Waals surface area contributed by atoms with Crippen LogP contribution in [-0.2, 0) is 31.6 Å². The molecule has 1 spiro atoms. The highest BCUT2D eigenvalue weighted by molar-refractivity contribution is 8.78. The molecule has 4 aromatic carbocycles. The minimum atomic E-state index is -4.16. The number of anilines is 1. The molecule has 5 aliphatic rings. The average molecular weight is 749 g/mol. The van der Waals surface area contributed by atoms with Crippen molar-refractivity contribution in [1.82, 2.24) is 24.8 Å². The lowest BCUT2D eigenvalue weighted by molar-refractivity contribution is -0.159. The van der Waals surface area contributed by atoms with Gasteiger partial charge in [-0.05, 0) is 56.0 Å². The number of aromatic nitrogens is 3. The van der Waals surface area contributed by atoms with E-state index in [9.17, 15) is 18.0 Å². The third-order valence-corrected chi connectivity index (χ3v) is 15.8. The molecule has 0 saturated carbocycles. The maximum atomic E-state index is 14.9. The number of hydrogen-bond donors (Lipinski definition) is 0. The molecule has 2 amide bonds. The van der Waals surface area contributed by atoms with Crippen LogP contribution in [0.1, 0.15) is 41.5 Å². The van der Waals surface area contributed by atoms with Crippen LogP contribution in [0.2, 0.25) is 0 Å². The van der Waals surface area contributed by atoms with Gasteiger partial charge in [-0.3, -0.25) is 19.2 Å². The van der Waals surface area contributed by atoms with Crippen LogP contribution in [0.5, 0.6) is 0 Å². The van der Waals surface area contributed by atoms with Crippen LogP contribution in [0.4, 0.5) is 5.69 Å². The number of carbonyl (C=O) groups is 2. The van der Waals surface area contributed by atoms with Gasteiger partial charge in [0.15, 0.2) is 10.2 Å². The van der Waals surface area contributed by atoms with Crippen molar-refractivity contribution in [3.63, 3.8) is 0 Å². The molecule has 264 valence electrons. The number of carbonyl (C=O) groups excluding carboxylic acids is 2. The average Bonchev–Trinajstić information content (AvgIpc) is 3.83. The second kappa shape index (κ2) is 12.2. The van der Waals surface area contributed by atoms with Gasteiger partial charge in [0.2, 0.25) is 0 Å². The van der Waals surface area contributed by atoms with Gasteiger partial charge in [-0.1, -0.05) is 123 Å². The highest BCUT2D eigenvalue weighted by atomic mass is 33.1. The molecule has 0 unspecified atom stereocenters. The Bertz CT molecular complexity index is 2320. The predicted molar refractivity (Wildman–Crippen MR) is 203 cm³/mol. The predicted octanol–water partition coefficient (Wildman–Crippen LogP) is 6.36. The second-order valence-electron chi connectivity index (χ2n) is 14.0. The topological polar surface area (TPSA) is 109 Å². The molecule has 4 fully saturated rings. The molecule has 5 aliphatic heterocycles. The molecule has 52 heavy (non-hydrogen) atoms. The van der Waals surface area contributed by atoms with Gasteiger partial charge >= 0.3 is 0 Å². The van der Waals surface area contributed by atoms with Crippen LogP contribution in [-0.4, -0.2) is 68.0 Å². The van der Waals surface area contributed by atoms with Crippen molar-refractivity contribution < 1.29 is 18.0 Å². The normalized spacial score (nSPS) is 24.7. The highest BCUT2D eigenvalue weighted by Crippen LogP contribution is 2.69. The van der Waals surface area contributed by atoms with Gasteiger partial charge in [0.05, 0.1) is 22.2 Å². The van der Waals surface area contributed by atoms with Gasteiger partial charge in [-0.2, -0.15) is 0 Å². The monoisotopic (exact) mass is 748 g/mol. The first-order chi connectivity index (χ1) is 25.1. The van der Waals surface area contributed by atoms with E-state index in [1.165, 1.54) is 31.5 Å². The molecule has 5 aromatic rings. The summed E-state index contributed by atoms with van der Waals surface area (Å²) in [5, 5.41) is 7.89. The minimum Gasteiger partial charge on any atom is -0.318 e. The summed E-state index contributed by atoms with van der Waals surface area (Å²) in [5.41, 5.74) is 5.27.